The summed E-state index contributed by atoms with van der Waals surface area (Å²) in [6.45, 7) is 0.774. The van der Waals surface area contributed by atoms with E-state index in [1.807, 2.05) is 0 Å². The molecule has 0 aliphatic carbocycles. The first-order valence-corrected chi connectivity index (χ1v) is 8.13. The number of benzene rings is 1. The zero-order valence-electron chi connectivity index (χ0n) is 14.6. The third kappa shape index (κ3) is 5.14. The maximum Gasteiger partial charge on any atom is 0.387 e. The molecule has 1 fully saturated rings. The summed E-state index contributed by atoms with van der Waals surface area (Å²) in [6.07, 6.45) is 0.506. The molecular weight excluding hydrogens is 348 g/mol. The van der Waals surface area contributed by atoms with Crippen LogP contribution >= 0.6 is 0 Å². The second-order valence-corrected chi connectivity index (χ2v) is 6.41. The molecule has 2 rings (SSSR count). The van der Waals surface area contributed by atoms with Crippen molar-refractivity contribution in [1.29, 1.82) is 0 Å². The van der Waals surface area contributed by atoms with Gasteiger partial charge in [0, 0.05) is 19.5 Å². The van der Waals surface area contributed by atoms with Gasteiger partial charge < -0.3 is 15.4 Å². The van der Waals surface area contributed by atoms with E-state index >= 15 is 0 Å². The fraction of sp³-hybridized carbons (Fsp3) is 0.471. The van der Waals surface area contributed by atoms with E-state index in [0.717, 1.165) is 10.5 Å². The highest BCUT2D eigenvalue weighted by Crippen LogP contribution is 2.17. The number of nitrogens with one attached hydrogen (secondary N) is 2. The van der Waals surface area contributed by atoms with Crippen LogP contribution in [0, 0.1) is 0 Å². The van der Waals surface area contributed by atoms with Gasteiger partial charge in [-0.05, 0) is 38.0 Å². The van der Waals surface area contributed by atoms with Gasteiger partial charge in [-0.3, -0.25) is 14.5 Å². The third-order valence-corrected chi connectivity index (χ3v) is 3.87. The van der Waals surface area contributed by atoms with Crippen molar-refractivity contribution in [2.75, 3.05) is 6.54 Å². The number of nitrogens with zero attached hydrogens (tertiary/aromatic N) is 1. The van der Waals surface area contributed by atoms with E-state index in [4.69, 9.17) is 0 Å². The maximum absolute atomic E-state index is 12.1. The van der Waals surface area contributed by atoms with Gasteiger partial charge in [0.15, 0.2) is 0 Å². The summed E-state index contributed by atoms with van der Waals surface area (Å²) < 4.78 is 28.4. The van der Waals surface area contributed by atoms with Crippen LogP contribution in [-0.4, -0.2) is 41.4 Å². The van der Waals surface area contributed by atoms with E-state index in [1.54, 1.807) is 26.0 Å². The Morgan fingerprint density at radius 3 is 2.46 bits per heavy atom. The normalized spacial score (nSPS) is 16.0. The molecule has 0 saturated carbocycles. The molecule has 2 N–H and O–H groups in total. The number of halogens is 2. The molecule has 142 valence electrons. The number of imide groups is 1. The first-order chi connectivity index (χ1) is 12.2. The molecule has 7 nitrogen and oxygen atoms in total. The summed E-state index contributed by atoms with van der Waals surface area (Å²) in [6, 6.07) is 5.49. The summed E-state index contributed by atoms with van der Waals surface area (Å²) in [5.74, 6) is -0.496. The Morgan fingerprint density at radius 1 is 1.27 bits per heavy atom. The fourth-order valence-corrected chi connectivity index (χ4v) is 2.50. The zero-order chi connectivity index (χ0) is 19.3. The van der Waals surface area contributed by atoms with Crippen LogP contribution in [0.2, 0.25) is 0 Å². The SMILES string of the molecule is CC1(C)NC(=O)N(CCCC(=O)NCc2ccc(OC(F)F)cc2)C1=O. The molecule has 0 spiro atoms. The van der Waals surface area contributed by atoms with Gasteiger partial charge in [-0.2, -0.15) is 8.78 Å². The summed E-state index contributed by atoms with van der Waals surface area (Å²) in [4.78, 5) is 36.7. The van der Waals surface area contributed by atoms with E-state index in [1.165, 1.54) is 12.1 Å². The number of amides is 4. The lowest BCUT2D eigenvalue weighted by atomic mass is 10.1. The fourth-order valence-electron chi connectivity index (χ4n) is 2.50. The molecule has 26 heavy (non-hydrogen) atoms. The molecule has 1 saturated heterocycles. The summed E-state index contributed by atoms with van der Waals surface area (Å²) in [5, 5.41) is 5.27. The average Bonchev–Trinajstić information content (AvgIpc) is 2.75. The van der Waals surface area contributed by atoms with Crippen molar-refractivity contribution in [1.82, 2.24) is 15.5 Å². The number of alkyl halides is 2. The molecule has 0 atom stereocenters. The van der Waals surface area contributed by atoms with Gasteiger partial charge in [-0.15, -0.1) is 0 Å². The smallest absolute Gasteiger partial charge is 0.387 e. The number of rotatable bonds is 8. The number of carbonyl (C=O) groups is 3. The summed E-state index contributed by atoms with van der Waals surface area (Å²) >= 11 is 0. The molecule has 0 radical (unpaired) electrons. The number of carbonyl (C=O) groups excluding carboxylic acids is 3. The Kier molecular flexibility index (Phi) is 6.12. The highest BCUT2D eigenvalue weighted by atomic mass is 19.3. The molecule has 1 aromatic rings. The number of ether oxygens (including phenoxy) is 1. The minimum atomic E-state index is -2.88. The van der Waals surface area contributed by atoms with Gasteiger partial charge in [0.05, 0.1) is 0 Å². The predicted molar refractivity (Wildman–Crippen MR) is 88.5 cm³/mol. The van der Waals surface area contributed by atoms with Gasteiger partial charge in [-0.1, -0.05) is 12.1 Å². The van der Waals surface area contributed by atoms with Gasteiger partial charge in [0.1, 0.15) is 11.3 Å². The van der Waals surface area contributed by atoms with Crippen molar-refractivity contribution >= 4 is 17.8 Å². The molecule has 0 aromatic heterocycles. The van der Waals surface area contributed by atoms with Crippen LogP contribution in [0.15, 0.2) is 24.3 Å². The van der Waals surface area contributed by atoms with Crippen LogP contribution in [0.25, 0.3) is 0 Å². The topological polar surface area (TPSA) is 87.7 Å². The van der Waals surface area contributed by atoms with Crippen molar-refractivity contribution in [2.45, 2.75) is 45.4 Å². The van der Waals surface area contributed by atoms with E-state index in [9.17, 15) is 23.2 Å². The van der Waals surface area contributed by atoms with Crippen molar-refractivity contribution in [3.05, 3.63) is 29.8 Å². The Morgan fingerprint density at radius 2 is 1.92 bits per heavy atom. The van der Waals surface area contributed by atoms with Crippen LogP contribution < -0.4 is 15.4 Å². The Hall–Kier alpha value is -2.71. The zero-order valence-corrected chi connectivity index (χ0v) is 14.6. The molecule has 0 unspecified atom stereocenters. The quantitative estimate of drug-likeness (QED) is 0.686. The first-order valence-electron chi connectivity index (χ1n) is 8.13. The summed E-state index contributed by atoms with van der Waals surface area (Å²) in [7, 11) is 0. The van der Waals surface area contributed by atoms with Crippen LogP contribution in [0.3, 0.4) is 0 Å². The van der Waals surface area contributed by atoms with E-state index < -0.39 is 18.2 Å². The van der Waals surface area contributed by atoms with Gasteiger partial charge in [-0.25, -0.2) is 4.79 Å². The van der Waals surface area contributed by atoms with Crippen molar-refractivity contribution < 1.29 is 27.9 Å². The van der Waals surface area contributed by atoms with Crippen molar-refractivity contribution in [3.63, 3.8) is 0 Å². The number of urea groups is 1. The maximum atomic E-state index is 12.1. The van der Waals surface area contributed by atoms with E-state index in [2.05, 4.69) is 15.4 Å². The third-order valence-electron chi connectivity index (χ3n) is 3.87. The van der Waals surface area contributed by atoms with Crippen LogP contribution in [0.5, 0.6) is 5.75 Å². The number of hydrogen-bond donors (Lipinski definition) is 2. The minimum absolute atomic E-state index is 0.0477. The Bertz CT molecular complexity index is 677. The molecule has 4 amide bonds. The lowest BCUT2D eigenvalue weighted by Crippen LogP contribution is -2.40. The first kappa shape index (κ1) is 19.6. The molecular formula is C17H21F2N3O4. The summed E-state index contributed by atoms with van der Waals surface area (Å²) in [5.41, 5.74) is -0.185. The number of hydrogen-bond acceptors (Lipinski definition) is 4. The second kappa shape index (κ2) is 8.11. The molecule has 0 bridgehead atoms. The Labute approximate surface area is 149 Å². The highest BCUT2D eigenvalue weighted by Gasteiger charge is 2.43. The average molecular weight is 369 g/mol. The van der Waals surface area contributed by atoms with Gasteiger partial charge in [0.25, 0.3) is 5.91 Å². The lowest BCUT2D eigenvalue weighted by molar-refractivity contribution is -0.130. The van der Waals surface area contributed by atoms with E-state index in [-0.39, 0.29) is 37.1 Å². The van der Waals surface area contributed by atoms with Crippen molar-refractivity contribution in [3.8, 4) is 5.75 Å². The largest absolute Gasteiger partial charge is 0.435 e. The molecule has 1 heterocycles. The molecule has 1 aromatic carbocycles. The molecule has 1 aliphatic heterocycles. The standard InChI is InChI=1S/C17H21F2N3O4/c1-17(2)14(24)22(16(25)21-17)9-3-4-13(23)20-10-11-5-7-12(8-6-11)26-15(18)19/h5-8,15H,3-4,9-10H2,1-2H3,(H,20,23)(H,21,25). The van der Waals surface area contributed by atoms with Crippen LogP contribution in [-0.2, 0) is 16.1 Å². The van der Waals surface area contributed by atoms with Gasteiger partial charge >= 0.3 is 12.6 Å². The van der Waals surface area contributed by atoms with Crippen molar-refractivity contribution in [2.24, 2.45) is 0 Å². The monoisotopic (exact) mass is 369 g/mol. The molecule has 9 heteroatoms. The van der Waals surface area contributed by atoms with E-state index in [0.29, 0.717) is 6.42 Å². The predicted octanol–water partition coefficient (Wildman–Crippen LogP) is 2.01. The highest BCUT2D eigenvalue weighted by molar-refractivity contribution is 6.06. The second-order valence-electron chi connectivity index (χ2n) is 6.41. The van der Waals surface area contributed by atoms with Crippen LogP contribution in [0.4, 0.5) is 13.6 Å². The molecule has 1 aliphatic rings. The van der Waals surface area contributed by atoms with Crippen LogP contribution in [0.1, 0.15) is 32.3 Å². The Balaban J connectivity index is 1.71. The minimum Gasteiger partial charge on any atom is -0.435 e. The lowest BCUT2D eigenvalue weighted by Gasteiger charge is -2.15. The van der Waals surface area contributed by atoms with Gasteiger partial charge in [0.2, 0.25) is 5.91 Å².